The number of urea groups is 1. The Labute approximate surface area is 219 Å². The van der Waals surface area contributed by atoms with Crippen LogP contribution < -0.4 is 15.5 Å². The lowest BCUT2D eigenvalue weighted by molar-refractivity contribution is 0.0303. The minimum Gasteiger partial charge on any atom is -0.394 e. The van der Waals surface area contributed by atoms with Crippen molar-refractivity contribution in [1.82, 2.24) is 19.7 Å². The number of morpholine rings is 1. The van der Waals surface area contributed by atoms with Crippen molar-refractivity contribution >= 4 is 34.3 Å². The normalized spacial score (nSPS) is 18.6. The molecule has 2 aliphatic rings. The molecule has 2 fully saturated rings. The van der Waals surface area contributed by atoms with E-state index in [0.717, 1.165) is 48.3 Å². The van der Waals surface area contributed by atoms with Gasteiger partial charge in [-0.2, -0.15) is 5.10 Å². The Hall–Kier alpha value is -4.06. The first-order valence-corrected chi connectivity index (χ1v) is 12.7. The minimum atomic E-state index is -0.371. The van der Waals surface area contributed by atoms with Gasteiger partial charge in [-0.15, -0.1) is 0 Å². The summed E-state index contributed by atoms with van der Waals surface area (Å²) in [6, 6.07) is 13.9. The van der Waals surface area contributed by atoms with Crippen LogP contribution in [0.5, 0.6) is 0 Å². The third-order valence-electron chi connectivity index (χ3n) is 6.93. The molecule has 0 aliphatic carbocycles. The van der Waals surface area contributed by atoms with Crippen LogP contribution in [-0.4, -0.2) is 67.9 Å². The van der Waals surface area contributed by atoms with E-state index in [4.69, 9.17) is 19.8 Å². The molecule has 0 spiro atoms. The Morgan fingerprint density at radius 2 is 1.61 bits per heavy atom. The van der Waals surface area contributed by atoms with Crippen molar-refractivity contribution in [3.05, 3.63) is 60.3 Å². The van der Waals surface area contributed by atoms with Gasteiger partial charge < -0.3 is 30.5 Å². The summed E-state index contributed by atoms with van der Waals surface area (Å²) in [7, 11) is 0. The molecule has 0 radical (unpaired) electrons. The van der Waals surface area contributed by atoms with E-state index in [-0.39, 0.29) is 31.5 Å². The molecule has 4 N–H and O–H groups in total. The third-order valence-corrected chi connectivity index (χ3v) is 6.93. The van der Waals surface area contributed by atoms with Gasteiger partial charge in [0.05, 0.1) is 43.5 Å². The number of aliphatic hydroxyl groups is 2. The number of hydrogen-bond acceptors (Lipinski definition) is 8. The molecule has 2 atom stereocenters. The lowest BCUT2D eigenvalue weighted by atomic mass is 10.2. The van der Waals surface area contributed by atoms with Crippen LogP contribution in [0.15, 0.2) is 54.7 Å². The first kappa shape index (κ1) is 24.3. The van der Waals surface area contributed by atoms with E-state index in [2.05, 4.69) is 20.6 Å². The number of anilines is 3. The van der Waals surface area contributed by atoms with Crippen molar-refractivity contribution in [2.24, 2.45) is 0 Å². The number of aromatic nitrogens is 4. The fraction of sp³-hybridized carbons (Fsp3) is 0.333. The summed E-state index contributed by atoms with van der Waals surface area (Å²) in [6.07, 6.45) is 4.30. The number of aliphatic hydroxyl groups excluding tert-OH is 2. The molecule has 2 aromatic carbocycles. The number of carbonyl (C=O) groups excluding carboxylic acids is 1. The Morgan fingerprint density at radius 1 is 0.947 bits per heavy atom. The summed E-state index contributed by atoms with van der Waals surface area (Å²) in [5.74, 6) is 1.37. The topological polar surface area (TPSA) is 138 Å². The molecule has 2 unspecified atom stereocenters. The van der Waals surface area contributed by atoms with Crippen molar-refractivity contribution in [2.45, 2.75) is 38.2 Å². The van der Waals surface area contributed by atoms with Crippen LogP contribution in [-0.2, 0) is 17.9 Å². The molecule has 2 aromatic heterocycles. The zero-order chi connectivity index (χ0) is 26.1. The van der Waals surface area contributed by atoms with Gasteiger partial charge in [0, 0.05) is 30.0 Å². The van der Waals surface area contributed by atoms with Crippen molar-refractivity contribution in [1.29, 1.82) is 0 Å². The van der Waals surface area contributed by atoms with Crippen LogP contribution in [0, 0.1) is 0 Å². The van der Waals surface area contributed by atoms with Gasteiger partial charge in [-0.1, -0.05) is 12.1 Å². The average molecular weight is 516 g/mol. The Balaban J connectivity index is 1.24. The Morgan fingerprint density at radius 3 is 2.24 bits per heavy atom. The molecule has 2 amide bonds. The van der Waals surface area contributed by atoms with Gasteiger partial charge in [-0.25, -0.2) is 19.4 Å². The standard InChI is InChI=1S/C27H29N7O4/c35-12-11-34-26-23(13-28-34)25(33-14-21-9-10-22(15-33)38-21)31-24(32-26)18-3-7-20(8-4-18)30-27(37)29-19-5-1-17(16-36)2-6-19/h1-8,13,21-22,35-36H,9-12,14-16H2,(H2,29,30,37). The van der Waals surface area contributed by atoms with Crippen molar-refractivity contribution < 1.29 is 19.7 Å². The fourth-order valence-corrected chi connectivity index (χ4v) is 5.05. The monoisotopic (exact) mass is 515 g/mol. The third kappa shape index (κ3) is 4.91. The quantitative estimate of drug-likeness (QED) is 0.295. The minimum absolute atomic E-state index is 0.0405. The van der Waals surface area contributed by atoms with E-state index in [1.807, 2.05) is 12.1 Å². The molecule has 11 nitrogen and oxygen atoms in total. The predicted octanol–water partition coefficient (Wildman–Crippen LogP) is 2.99. The summed E-state index contributed by atoms with van der Waals surface area (Å²) in [5.41, 5.74) is 3.49. The van der Waals surface area contributed by atoms with Crippen molar-refractivity contribution in [3.8, 4) is 11.4 Å². The molecule has 196 valence electrons. The second kappa shape index (κ2) is 10.4. The van der Waals surface area contributed by atoms with Crippen molar-refractivity contribution in [3.63, 3.8) is 0 Å². The highest BCUT2D eigenvalue weighted by atomic mass is 16.5. The van der Waals surface area contributed by atoms with Crippen LogP contribution in [0.3, 0.4) is 0 Å². The highest BCUT2D eigenvalue weighted by molar-refractivity contribution is 5.99. The zero-order valence-corrected chi connectivity index (χ0v) is 20.7. The number of benzene rings is 2. The van der Waals surface area contributed by atoms with E-state index >= 15 is 0 Å². The van der Waals surface area contributed by atoms with Gasteiger partial charge >= 0.3 is 6.03 Å². The first-order chi connectivity index (χ1) is 18.6. The Kier molecular flexibility index (Phi) is 6.62. The van der Waals surface area contributed by atoms with Crippen LogP contribution in [0.25, 0.3) is 22.4 Å². The van der Waals surface area contributed by atoms with Crippen LogP contribution in [0.1, 0.15) is 18.4 Å². The molecular weight excluding hydrogens is 486 g/mol. The smallest absolute Gasteiger partial charge is 0.323 e. The average Bonchev–Trinajstić information content (AvgIpc) is 3.50. The lowest BCUT2D eigenvalue weighted by Gasteiger charge is -2.33. The Bertz CT molecular complexity index is 1430. The zero-order valence-electron chi connectivity index (χ0n) is 20.7. The van der Waals surface area contributed by atoms with Gasteiger partial charge in [0.25, 0.3) is 0 Å². The van der Waals surface area contributed by atoms with Crippen molar-refractivity contribution in [2.75, 3.05) is 35.2 Å². The van der Waals surface area contributed by atoms with Gasteiger partial charge in [-0.05, 0) is 54.8 Å². The van der Waals surface area contributed by atoms with Gasteiger partial charge in [-0.3, -0.25) is 0 Å². The van der Waals surface area contributed by atoms with E-state index < -0.39 is 0 Å². The number of amides is 2. The van der Waals surface area contributed by atoms with E-state index in [9.17, 15) is 9.90 Å². The summed E-state index contributed by atoms with van der Waals surface area (Å²) in [5, 5.41) is 29.6. The van der Waals surface area contributed by atoms with Crippen LogP contribution in [0.2, 0.25) is 0 Å². The number of nitrogens with one attached hydrogen (secondary N) is 2. The molecule has 4 heterocycles. The predicted molar refractivity (Wildman–Crippen MR) is 143 cm³/mol. The molecule has 4 aromatic rings. The van der Waals surface area contributed by atoms with E-state index in [1.165, 1.54) is 0 Å². The fourth-order valence-electron chi connectivity index (χ4n) is 5.05. The molecule has 2 bridgehead atoms. The number of rotatable bonds is 7. The number of fused-ring (bicyclic) bond motifs is 3. The highest BCUT2D eigenvalue weighted by Gasteiger charge is 2.35. The lowest BCUT2D eigenvalue weighted by Crippen LogP contribution is -2.43. The van der Waals surface area contributed by atoms with Gasteiger partial charge in [0.1, 0.15) is 5.82 Å². The van der Waals surface area contributed by atoms with Gasteiger partial charge in [0.15, 0.2) is 11.5 Å². The maximum absolute atomic E-state index is 12.4. The maximum Gasteiger partial charge on any atom is 0.323 e. The molecule has 2 aliphatic heterocycles. The summed E-state index contributed by atoms with van der Waals surface area (Å²) in [4.78, 5) is 24.5. The molecule has 6 rings (SSSR count). The molecule has 2 saturated heterocycles. The first-order valence-electron chi connectivity index (χ1n) is 12.7. The molecule has 11 heteroatoms. The molecule has 38 heavy (non-hydrogen) atoms. The molecule has 0 saturated carbocycles. The second-order valence-corrected chi connectivity index (χ2v) is 9.57. The van der Waals surface area contributed by atoms with Crippen LogP contribution >= 0.6 is 0 Å². The molecular formula is C27H29N7O4. The number of hydrogen-bond donors (Lipinski definition) is 4. The largest absolute Gasteiger partial charge is 0.394 e. The van der Waals surface area contributed by atoms with Gasteiger partial charge in [0.2, 0.25) is 0 Å². The summed E-state index contributed by atoms with van der Waals surface area (Å²) >= 11 is 0. The number of nitrogens with zero attached hydrogens (tertiary/aromatic N) is 5. The number of carbonyl (C=O) groups is 1. The number of ether oxygens (including phenoxy) is 1. The van der Waals surface area contributed by atoms with E-state index in [0.29, 0.717) is 29.4 Å². The second-order valence-electron chi connectivity index (χ2n) is 9.57. The van der Waals surface area contributed by atoms with E-state index in [1.54, 1.807) is 47.3 Å². The summed E-state index contributed by atoms with van der Waals surface area (Å²) < 4.78 is 7.72. The van der Waals surface area contributed by atoms with Crippen LogP contribution in [0.4, 0.5) is 22.0 Å². The maximum atomic E-state index is 12.4. The highest BCUT2D eigenvalue weighted by Crippen LogP contribution is 2.33. The summed E-state index contributed by atoms with van der Waals surface area (Å²) in [6.45, 7) is 1.80. The SMILES string of the molecule is O=C(Nc1ccc(CO)cc1)Nc1ccc(-c2nc(N3CC4CCC(C3)O4)c3cnn(CCO)c3n2)cc1.